The fourth-order valence-electron chi connectivity index (χ4n) is 2.42. The van der Waals surface area contributed by atoms with Gasteiger partial charge in [0.25, 0.3) is 0 Å². The van der Waals surface area contributed by atoms with E-state index in [-0.39, 0.29) is 6.04 Å². The van der Waals surface area contributed by atoms with Gasteiger partial charge in [-0.15, -0.1) is 0 Å². The first kappa shape index (κ1) is 15.1. The fourth-order valence-corrected chi connectivity index (χ4v) is 2.42. The first-order valence-corrected chi connectivity index (χ1v) is 7.57. The molecule has 1 aromatic carbocycles. The largest absolute Gasteiger partial charge is 0.486 e. The fraction of sp³-hybridized carbons (Fsp3) is 0.625. The van der Waals surface area contributed by atoms with Gasteiger partial charge in [-0.3, -0.25) is 0 Å². The normalized spacial score (nSPS) is 16.8. The SMILES string of the molecule is CCCCNC(CC)C(O)c1ccc2c(c1)OCCO2. The predicted octanol–water partition coefficient (Wildman–Crippen LogP) is 2.66. The van der Waals surface area contributed by atoms with Gasteiger partial charge in [0.05, 0.1) is 6.10 Å². The van der Waals surface area contributed by atoms with Crippen LogP contribution in [0.4, 0.5) is 0 Å². The van der Waals surface area contributed by atoms with Gasteiger partial charge in [-0.25, -0.2) is 0 Å². The molecule has 2 unspecified atom stereocenters. The Morgan fingerprint density at radius 1 is 1.20 bits per heavy atom. The quantitative estimate of drug-likeness (QED) is 0.753. The highest BCUT2D eigenvalue weighted by Crippen LogP contribution is 2.33. The van der Waals surface area contributed by atoms with Crippen molar-refractivity contribution in [3.05, 3.63) is 23.8 Å². The van der Waals surface area contributed by atoms with Crippen LogP contribution in [-0.4, -0.2) is 30.9 Å². The molecule has 0 saturated carbocycles. The maximum atomic E-state index is 10.5. The standard InChI is InChI=1S/C16H25NO3/c1-3-5-8-17-13(4-2)16(18)12-6-7-14-15(11-12)20-10-9-19-14/h6-7,11,13,16-18H,3-5,8-10H2,1-2H3. The average molecular weight is 279 g/mol. The van der Waals surface area contributed by atoms with Crippen LogP contribution in [0.5, 0.6) is 11.5 Å². The molecule has 2 rings (SSSR count). The van der Waals surface area contributed by atoms with E-state index in [9.17, 15) is 5.11 Å². The zero-order valence-electron chi connectivity index (χ0n) is 12.4. The number of benzene rings is 1. The van der Waals surface area contributed by atoms with Crippen molar-refractivity contribution in [3.63, 3.8) is 0 Å². The summed E-state index contributed by atoms with van der Waals surface area (Å²) < 4.78 is 11.1. The summed E-state index contributed by atoms with van der Waals surface area (Å²) in [5.41, 5.74) is 0.880. The number of hydrogen-bond donors (Lipinski definition) is 2. The van der Waals surface area contributed by atoms with Crippen LogP contribution in [0, 0.1) is 0 Å². The van der Waals surface area contributed by atoms with E-state index in [1.165, 1.54) is 0 Å². The van der Waals surface area contributed by atoms with Gasteiger partial charge in [0, 0.05) is 6.04 Å². The van der Waals surface area contributed by atoms with Crippen LogP contribution in [0.3, 0.4) is 0 Å². The zero-order valence-corrected chi connectivity index (χ0v) is 12.4. The van der Waals surface area contributed by atoms with Crippen molar-refractivity contribution in [1.29, 1.82) is 0 Å². The maximum Gasteiger partial charge on any atom is 0.161 e. The molecule has 0 aliphatic carbocycles. The number of nitrogens with one attached hydrogen (secondary N) is 1. The molecule has 0 fully saturated rings. The van der Waals surface area contributed by atoms with E-state index in [2.05, 4.69) is 19.2 Å². The van der Waals surface area contributed by atoms with Crippen LogP contribution >= 0.6 is 0 Å². The van der Waals surface area contributed by atoms with Crippen LogP contribution in [-0.2, 0) is 0 Å². The van der Waals surface area contributed by atoms with E-state index in [4.69, 9.17) is 9.47 Å². The third kappa shape index (κ3) is 3.64. The van der Waals surface area contributed by atoms with E-state index in [0.29, 0.717) is 13.2 Å². The molecule has 0 bridgehead atoms. The third-order valence-corrected chi connectivity index (χ3v) is 3.67. The molecular formula is C16H25NO3. The summed E-state index contributed by atoms with van der Waals surface area (Å²) in [7, 11) is 0. The molecule has 0 aromatic heterocycles. The number of aliphatic hydroxyl groups excluding tert-OH is 1. The zero-order chi connectivity index (χ0) is 14.4. The molecule has 1 aromatic rings. The first-order valence-electron chi connectivity index (χ1n) is 7.57. The Morgan fingerprint density at radius 3 is 2.65 bits per heavy atom. The lowest BCUT2D eigenvalue weighted by Gasteiger charge is -2.25. The summed E-state index contributed by atoms with van der Waals surface area (Å²) in [4.78, 5) is 0. The molecule has 0 spiro atoms. The molecule has 1 heterocycles. The lowest BCUT2D eigenvalue weighted by molar-refractivity contribution is 0.124. The molecule has 4 heteroatoms. The highest BCUT2D eigenvalue weighted by molar-refractivity contribution is 5.44. The number of hydrogen-bond acceptors (Lipinski definition) is 4. The lowest BCUT2D eigenvalue weighted by Crippen LogP contribution is -2.35. The van der Waals surface area contributed by atoms with Crippen LogP contribution in [0.1, 0.15) is 44.8 Å². The summed E-state index contributed by atoms with van der Waals surface area (Å²) in [5, 5.41) is 13.9. The topological polar surface area (TPSA) is 50.7 Å². The summed E-state index contributed by atoms with van der Waals surface area (Å²) in [6, 6.07) is 5.77. The van der Waals surface area contributed by atoms with Gasteiger partial charge in [0.1, 0.15) is 13.2 Å². The van der Waals surface area contributed by atoms with Gasteiger partial charge in [-0.2, -0.15) is 0 Å². The van der Waals surface area contributed by atoms with Crippen molar-refractivity contribution in [2.45, 2.75) is 45.3 Å². The van der Waals surface area contributed by atoms with E-state index < -0.39 is 6.10 Å². The van der Waals surface area contributed by atoms with Gasteiger partial charge in [-0.05, 0) is 37.1 Å². The van der Waals surface area contributed by atoms with Gasteiger partial charge in [0.2, 0.25) is 0 Å². The van der Waals surface area contributed by atoms with Crippen LogP contribution in [0.15, 0.2) is 18.2 Å². The second kappa shape index (κ2) is 7.50. The smallest absolute Gasteiger partial charge is 0.161 e. The van der Waals surface area contributed by atoms with Gasteiger partial charge >= 0.3 is 0 Å². The molecule has 2 N–H and O–H groups in total. The Kier molecular flexibility index (Phi) is 5.68. The van der Waals surface area contributed by atoms with Gasteiger partial charge in [-0.1, -0.05) is 26.3 Å². The summed E-state index contributed by atoms with van der Waals surface area (Å²) in [6.45, 7) is 6.35. The second-order valence-corrected chi connectivity index (χ2v) is 5.17. The number of ether oxygens (including phenoxy) is 2. The minimum atomic E-state index is -0.521. The van der Waals surface area contributed by atoms with E-state index in [1.807, 2.05) is 18.2 Å². The Bertz CT molecular complexity index is 422. The third-order valence-electron chi connectivity index (χ3n) is 3.67. The molecule has 0 saturated heterocycles. The minimum Gasteiger partial charge on any atom is -0.486 e. The average Bonchev–Trinajstić information content (AvgIpc) is 2.50. The van der Waals surface area contributed by atoms with Crippen molar-refractivity contribution in [3.8, 4) is 11.5 Å². The molecule has 20 heavy (non-hydrogen) atoms. The van der Waals surface area contributed by atoms with Gasteiger partial charge < -0.3 is 19.9 Å². The molecule has 0 amide bonds. The van der Waals surface area contributed by atoms with Crippen molar-refractivity contribution < 1.29 is 14.6 Å². The molecule has 0 radical (unpaired) electrons. The van der Waals surface area contributed by atoms with Crippen LogP contribution in [0.25, 0.3) is 0 Å². The van der Waals surface area contributed by atoms with Crippen molar-refractivity contribution in [2.24, 2.45) is 0 Å². The molecule has 4 nitrogen and oxygen atoms in total. The maximum absolute atomic E-state index is 10.5. The molecular weight excluding hydrogens is 254 g/mol. The van der Waals surface area contributed by atoms with Crippen molar-refractivity contribution in [2.75, 3.05) is 19.8 Å². The van der Waals surface area contributed by atoms with Crippen LogP contribution in [0.2, 0.25) is 0 Å². The Morgan fingerprint density at radius 2 is 1.95 bits per heavy atom. The van der Waals surface area contributed by atoms with E-state index >= 15 is 0 Å². The number of aliphatic hydroxyl groups is 1. The Balaban J connectivity index is 2.04. The van der Waals surface area contributed by atoms with E-state index in [1.54, 1.807) is 0 Å². The highest BCUT2D eigenvalue weighted by atomic mass is 16.6. The minimum absolute atomic E-state index is 0.0732. The second-order valence-electron chi connectivity index (χ2n) is 5.17. The Labute approximate surface area is 121 Å². The molecule has 1 aliphatic heterocycles. The Hall–Kier alpha value is -1.26. The summed E-state index contributed by atoms with van der Waals surface area (Å²) >= 11 is 0. The predicted molar refractivity (Wildman–Crippen MR) is 79.4 cm³/mol. The monoisotopic (exact) mass is 279 g/mol. The number of fused-ring (bicyclic) bond motifs is 1. The van der Waals surface area contributed by atoms with Crippen molar-refractivity contribution >= 4 is 0 Å². The highest BCUT2D eigenvalue weighted by Gasteiger charge is 2.21. The van der Waals surface area contributed by atoms with Crippen LogP contribution < -0.4 is 14.8 Å². The number of unbranched alkanes of at least 4 members (excludes halogenated alkanes) is 1. The van der Waals surface area contributed by atoms with Crippen molar-refractivity contribution in [1.82, 2.24) is 5.32 Å². The van der Waals surface area contributed by atoms with Gasteiger partial charge in [0.15, 0.2) is 11.5 Å². The molecule has 2 atom stereocenters. The number of rotatable bonds is 7. The summed E-state index contributed by atoms with van der Waals surface area (Å²) in [6.07, 6.45) is 2.65. The van der Waals surface area contributed by atoms with E-state index in [0.717, 1.165) is 42.9 Å². The summed E-state index contributed by atoms with van der Waals surface area (Å²) in [5.74, 6) is 1.50. The molecule has 112 valence electrons. The lowest BCUT2D eigenvalue weighted by atomic mass is 9.99. The first-order chi connectivity index (χ1) is 9.76. The molecule has 1 aliphatic rings.